The summed E-state index contributed by atoms with van der Waals surface area (Å²) in [6, 6.07) is 50.6. The third-order valence-electron chi connectivity index (χ3n) is 8.82. The number of hydrogen-bond donors (Lipinski definition) is 0. The van der Waals surface area contributed by atoms with Crippen LogP contribution in [0.4, 0.5) is 0 Å². The van der Waals surface area contributed by atoms with E-state index in [1.807, 2.05) is 36.8 Å². The van der Waals surface area contributed by atoms with Crippen molar-refractivity contribution >= 4 is 54.1 Å². The highest BCUT2D eigenvalue weighted by Gasteiger charge is 2.15. The fraction of sp³-hybridized carbons (Fsp3) is 0.0465. The number of benzene rings is 6. The van der Waals surface area contributed by atoms with Crippen LogP contribution in [-0.2, 0) is 12.8 Å². The molecule has 0 bridgehead atoms. The fourth-order valence-corrected chi connectivity index (χ4v) is 6.65. The van der Waals surface area contributed by atoms with Crippen molar-refractivity contribution < 1.29 is 0 Å². The number of hydrogen-bond acceptors (Lipinski definition) is 3. The topological polar surface area (TPSA) is 38.7 Å². The maximum Gasteiger partial charge on any atom is 0.0786 e. The Morgan fingerprint density at radius 1 is 0.326 bits per heavy atom. The van der Waals surface area contributed by atoms with Gasteiger partial charge in [-0.25, -0.2) is 0 Å². The lowest BCUT2D eigenvalue weighted by Crippen LogP contribution is -2.04. The van der Waals surface area contributed by atoms with Gasteiger partial charge in [0.25, 0.3) is 0 Å². The number of aromatic nitrogens is 3. The first kappa shape index (κ1) is 27.6. The van der Waals surface area contributed by atoms with Gasteiger partial charge >= 0.3 is 0 Å². The summed E-state index contributed by atoms with van der Waals surface area (Å²) in [5.74, 6) is 0. The molecule has 0 saturated heterocycles. The minimum Gasteiger partial charge on any atom is -0.256 e. The molecule has 0 radical (unpaired) electrons. The summed E-state index contributed by atoms with van der Waals surface area (Å²) in [6.07, 6.45) is 7.86. The van der Waals surface area contributed by atoms with Crippen LogP contribution in [-0.4, -0.2) is 15.0 Å². The number of nitrogens with zero attached hydrogens (tertiary/aromatic N) is 3. The second-order valence-electron chi connectivity index (χ2n) is 11.5. The molecular formula is C43H31N3. The Morgan fingerprint density at radius 2 is 0.804 bits per heavy atom. The average molecular weight is 590 g/mol. The van der Waals surface area contributed by atoms with E-state index in [4.69, 9.17) is 0 Å². The molecule has 0 atom stereocenters. The normalized spacial score (nSPS) is 11.7. The molecule has 0 amide bonds. The van der Waals surface area contributed by atoms with Crippen LogP contribution in [0.1, 0.15) is 11.1 Å². The Bertz CT molecular complexity index is 2180. The molecule has 0 spiro atoms. The summed E-state index contributed by atoms with van der Waals surface area (Å²) in [6.45, 7) is 0. The predicted octanol–water partition coefficient (Wildman–Crippen LogP) is 10.8. The lowest BCUT2D eigenvalue weighted by molar-refractivity contribution is 0.927. The summed E-state index contributed by atoms with van der Waals surface area (Å²) in [5.41, 5.74) is 7.48. The first-order chi connectivity index (χ1) is 22.8. The molecule has 9 aromatic rings. The van der Waals surface area contributed by atoms with Gasteiger partial charge in [0.05, 0.1) is 16.7 Å². The number of aryl methyl sites for hydroxylation is 2. The van der Waals surface area contributed by atoms with Crippen LogP contribution in [0.15, 0.2) is 164 Å². The molecule has 218 valence electrons. The summed E-state index contributed by atoms with van der Waals surface area (Å²) in [5, 5.41) is 9.99. The van der Waals surface area contributed by atoms with Crippen LogP contribution in [0.2, 0.25) is 0 Å². The Morgan fingerprint density at radius 3 is 1.61 bits per heavy atom. The van der Waals surface area contributed by atoms with E-state index in [0.29, 0.717) is 0 Å². The molecule has 46 heavy (non-hydrogen) atoms. The molecule has 0 fully saturated rings. The quantitative estimate of drug-likeness (QED) is 0.165. The van der Waals surface area contributed by atoms with Crippen molar-refractivity contribution in [3.63, 3.8) is 0 Å². The standard InChI is InChI=1S/C17H11N.C13H11N.C13H9N/c1-2-7-14-12(6-1)13-8-3-4-9-15(13)17-16(14)10-5-11-18-17;2*1-2-6-12-10(4-1)7-8-11-5-3-9-14-13(11)12/h1-11H;1-6,9H,7-8H2;1-9H. The molecule has 0 N–H and O–H groups in total. The van der Waals surface area contributed by atoms with E-state index in [0.717, 1.165) is 23.9 Å². The zero-order valence-electron chi connectivity index (χ0n) is 25.3. The van der Waals surface area contributed by atoms with Crippen molar-refractivity contribution in [3.05, 3.63) is 175 Å². The molecule has 3 heteroatoms. The molecule has 1 aliphatic carbocycles. The maximum absolute atomic E-state index is 4.56. The van der Waals surface area contributed by atoms with Crippen LogP contribution in [0, 0.1) is 0 Å². The highest BCUT2D eigenvalue weighted by Crippen LogP contribution is 2.33. The fourth-order valence-electron chi connectivity index (χ4n) is 6.65. The first-order valence-corrected chi connectivity index (χ1v) is 15.7. The molecule has 6 aromatic carbocycles. The second kappa shape index (κ2) is 12.2. The van der Waals surface area contributed by atoms with Crippen molar-refractivity contribution in [1.29, 1.82) is 0 Å². The van der Waals surface area contributed by atoms with Gasteiger partial charge in [-0.1, -0.05) is 127 Å². The number of rotatable bonds is 0. The van der Waals surface area contributed by atoms with Crippen molar-refractivity contribution in [2.24, 2.45) is 0 Å². The Balaban J connectivity index is 0.000000103. The smallest absolute Gasteiger partial charge is 0.0786 e. The molecule has 0 aliphatic heterocycles. The molecular weight excluding hydrogens is 558 g/mol. The van der Waals surface area contributed by atoms with Gasteiger partial charge in [-0.05, 0) is 63.7 Å². The van der Waals surface area contributed by atoms with Crippen molar-refractivity contribution in [3.8, 4) is 11.3 Å². The predicted molar refractivity (Wildman–Crippen MR) is 193 cm³/mol. The van der Waals surface area contributed by atoms with Gasteiger partial charge in [-0.15, -0.1) is 0 Å². The van der Waals surface area contributed by atoms with Gasteiger partial charge in [0.15, 0.2) is 0 Å². The minimum absolute atomic E-state index is 1.09. The van der Waals surface area contributed by atoms with Crippen molar-refractivity contribution in [1.82, 2.24) is 15.0 Å². The highest BCUT2D eigenvalue weighted by molar-refractivity contribution is 6.24. The van der Waals surface area contributed by atoms with Crippen molar-refractivity contribution in [2.75, 3.05) is 0 Å². The monoisotopic (exact) mass is 589 g/mol. The second-order valence-corrected chi connectivity index (χ2v) is 11.5. The third-order valence-corrected chi connectivity index (χ3v) is 8.82. The minimum atomic E-state index is 1.09. The average Bonchev–Trinajstić information content (AvgIpc) is 3.15. The van der Waals surface area contributed by atoms with E-state index in [1.54, 1.807) is 0 Å². The number of pyridine rings is 3. The van der Waals surface area contributed by atoms with Crippen LogP contribution >= 0.6 is 0 Å². The molecule has 10 rings (SSSR count). The third kappa shape index (κ3) is 5.12. The van der Waals surface area contributed by atoms with Gasteiger partial charge in [-0.3, -0.25) is 15.0 Å². The molecule has 0 saturated carbocycles. The first-order valence-electron chi connectivity index (χ1n) is 15.7. The van der Waals surface area contributed by atoms with Crippen LogP contribution < -0.4 is 0 Å². The lowest BCUT2D eigenvalue weighted by atomic mass is 9.89. The van der Waals surface area contributed by atoms with Gasteiger partial charge in [0.1, 0.15) is 0 Å². The molecule has 3 aromatic heterocycles. The van der Waals surface area contributed by atoms with E-state index < -0.39 is 0 Å². The summed E-state index contributed by atoms with van der Waals surface area (Å²) in [4.78, 5) is 13.4. The Labute approximate surface area is 267 Å². The molecule has 3 heterocycles. The van der Waals surface area contributed by atoms with Gasteiger partial charge in [-0.2, -0.15) is 0 Å². The van der Waals surface area contributed by atoms with Gasteiger partial charge < -0.3 is 0 Å². The van der Waals surface area contributed by atoms with E-state index in [9.17, 15) is 0 Å². The maximum atomic E-state index is 4.56. The summed E-state index contributed by atoms with van der Waals surface area (Å²) in [7, 11) is 0. The Hall–Kier alpha value is -5.93. The van der Waals surface area contributed by atoms with E-state index >= 15 is 0 Å². The summed E-state index contributed by atoms with van der Waals surface area (Å²) >= 11 is 0. The van der Waals surface area contributed by atoms with Crippen LogP contribution in [0.25, 0.3) is 65.4 Å². The zero-order chi connectivity index (χ0) is 30.7. The van der Waals surface area contributed by atoms with Gasteiger partial charge in [0, 0.05) is 45.7 Å². The lowest BCUT2D eigenvalue weighted by Gasteiger charge is -2.17. The SMILES string of the molecule is c1ccc2c(c1)CCc1cccnc1-2.c1ccc2c(c1)c1ccccc1c1ncccc21.c1ccc2c(c1)ccc1cccnc12. The van der Waals surface area contributed by atoms with Gasteiger partial charge in [0.2, 0.25) is 0 Å². The molecule has 3 nitrogen and oxygen atoms in total. The van der Waals surface area contributed by atoms with E-state index in [-0.39, 0.29) is 0 Å². The van der Waals surface area contributed by atoms with Crippen molar-refractivity contribution in [2.45, 2.75) is 12.8 Å². The highest BCUT2D eigenvalue weighted by atomic mass is 14.7. The van der Waals surface area contributed by atoms with Crippen LogP contribution in [0.5, 0.6) is 0 Å². The summed E-state index contributed by atoms with van der Waals surface area (Å²) < 4.78 is 0. The Kier molecular flexibility index (Phi) is 7.33. The molecule has 0 unspecified atom stereocenters. The zero-order valence-corrected chi connectivity index (χ0v) is 25.3. The van der Waals surface area contributed by atoms with E-state index in [1.165, 1.54) is 65.5 Å². The van der Waals surface area contributed by atoms with E-state index in [2.05, 4.69) is 142 Å². The molecule has 1 aliphatic rings. The largest absolute Gasteiger partial charge is 0.256 e. The number of fused-ring (bicyclic) bond motifs is 12. The van der Waals surface area contributed by atoms with Crippen LogP contribution in [0.3, 0.4) is 0 Å².